The lowest BCUT2D eigenvalue weighted by molar-refractivity contribution is 0.668. The van der Waals surface area contributed by atoms with Crippen molar-refractivity contribution in [2.75, 3.05) is 4.90 Å². The van der Waals surface area contributed by atoms with Crippen molar-refractivity contribution in [3.05, 3.63) is 224 Å². The number of para-hydroxylation sites is 2. The van der Waals surface area contributed by atoms with Crippen molar-refractivity contribution in [2.45, 2.75) is 7.43 Å². The molecule has 0 saturated carbocycles. The molecule has 0 radical (unpaired) electrons. The van der Waals surface area contributed by atoms with Crippen LogP contribution < -0.4 is 25.6 Å². The lowest BCUT2D eigenvalue weighted by atomic mass is 10.0. The number of nitrogens with zero attached hydrogens (tertiary/aromatic N) is 1. The van der Waals surface area contributed by atoms with Gasteiger partial charge in [0.2, 0.25) is 0 Å². The third-order valence-corrected chi connectivity index (χ3v) is 16.4. The minimum atomic E-state index is -2.69. The van der Waals surface area contributed by atoms with E-state index in [0.29, 0.717) is 0 Å². The number of benzene rings is 9. The van der Waals surface area contributed by atoms with Gasteiger partial charge in [0.1, 0.15) is 22.3 Å². The van der Waals surface area contributed by atoms with Gasteiger partial charge in [-0.15, -0.1) is 0 Å². The zero-order valence-electron chi connectivity index (χ0n) is 31.6. The highest BCUT2D eigenvalue weighted by Crippen LogP contribution is 2.39. The first-order valence-electron chi connectivity index (χ1n) is 19.7. The van der Waals surface area contributed by atoms with Crippen LogP contribution >= 0.6 is 0 Å². The molecule has 0 atom stereocenters. The van der Waals surface area contributed by atoms with Crippen LogP contribution in [-0.2, 0) is 0 Å². The van der Waals surface area contributed by atoms with Crippen molar-refractivity contribution in [1.82, 2.24) is 0 Å². The Morgan fingerprint density at radius 2 is 0.661 bits per heavy atom. The van der Waals surface area contributed by atoms with Crippen LogP contribution in [0.1, 0.15) is 7.43 Å². The minimum absolute atomic E-state index is 0. The van der Waals surface area contributed by atoms with Crippen LogP contribution in [0.15, 0.2) is 233 Å². The van der Waals surface area contributed by atoms with E-state index in [0.717, 1.165) is 72.1 Å². The summed E-state index contributed by atoms with van der Waals surface area (Å²) in [6.07, 6.45) is 0. The second-order valence-electron chi connectivity index (χ2n) is 14.9. The summed E-state index contributed by atoms with van der Waals surface area (Å²) in [4.78, 5) is 2.33. The normalized spacial score (nSPS) is 11.6. The summed E-state index contributed by atoms with van der Waals surface area (Å²) < 4.78 is 12.7. The average molecular weight is 776 g/mol. The smallest absolute Gasteiger partial charge is 0.179 e. The van der Waals surface area contributed by atoms with Gasteiger partial charge in [-0.05, 0) is 92.5 Å². The molecule has 0 aliphatic rings. The SMILES string of the molecule is C.c1ccc([Si](c2ccccc2)(c2ccccc2)c2ccc(N(c3ccc(-c4ccc5c(c4)oc4ccccc45)cc3)c3ccc4c(c3)oc3ccccc34)cc2)cc1. The van der Waals surface area contributed by atoms with E-state index < -0.39 is 8.07 Å². The van der Waals surface area contributed by atoms with Gasteiger partial charge >= 0.3 is 0 Å². The molecule has 9 aromatic carbocycles. The van der Waals surface area contributed by atoms with Crippen molar-refractivity contribution >= 4 is 89.8 Å². The molecule has 59 heavy (non-hydrogen) atoms. The molecular weight excluding hydrogens is 735 g/mol. The maximum Gasteiger partial charge on any atom is 0.179 e. The predicted molar refractivity (Wildman–Crippen MR) is 251 cm³/mol. The van der Waals surface area contributed by atoms with Crippen molar-refractivity contribution in [3.63, 3.8) is 0 Å². The van der Waals surface area contributed by atoms with E-state index in [1.54, 1.807) is 0 Å². The van der Waals surface area contributed by atoms with E-state index in [9.17, 15) is 0 Å². The number of furan rings is 2. The Kier molecular flexibility index (Phi) is 9.04. The van der Waals surface area contributed by atoms with E-state index in [1.165, 1.54) is 20.7 Å². The van der Waals surface area contributed by atoms with Crippen LogP contribution in [0, 0.1) is 0 Å². The Morgan fingerprint density at radius 3 is 1.19 bits per heavy atom. The molecule has 11 rings (SSSR count). The van der Waals surface area contributed by atoms with E-state index in [2.05, 4.69) is 205 Å². The maximum absolute atomic E-state index is 6.43. The zero-order chi connectivity index (χ0) is 38.5. The maximum atomic E-state index is 6.43. The average Bonchev–Trinajstić information content (AvgIpc) is 3.86. The lowest BCUT2D eigenvalue weighted by Gasteiger charge is -2.35. The van der Waals surface area contributed by atoms with E-state index in [1.807, 2.05) is 24.3 Å². The fraction of sp³-hybridized carbons (Fsp3) is 0.0182. The summed E-state index contributed by atoms with van der Waals surface area (Å²) in [6.45, 7) is 0. The molecule has 0 bridgehead atoms. The van der Waals surface area contributed by atoms with Crippen LogP contribution in [0.5, 0.6) is 0 Å². The molecule has 11 aromatic rings. The summed E-state index contributed by atoms with van der Waals surface area (Å²) in [6, 6.07) is 80.9. The molecule has 4 heteroatoms. The second-order valence-corrected chi connectivity index (χ2v) is 18.7. The highest BCUT2D eigenvalue weighted by atomic mass is 28.3. The van der Waals surface area contributed by atoms with Gasteiger partial charge in [0, 0.05) is 44.7 Å². The second kappa shape index (κ2) is 14.8. The van der Waals surface area contributed by atoms with Gasteiger partial charge in [0.15, 0.2) is 8.07 Å². The Morgan fingerprint density at radius 1 is 0.288 bits per heavy atom. The number of rotatable bonds is 8. The molecule has 0 spiro atoms. The standard InChI is InChI=1S/C54H37NO2Si.CH4/c1-4-14-43(15-5-1)58(44-16-6-2-7-17-44,45-18-8-3-9-19-45)46-32-29-41(30-33-46)55(42-31-35-50-48-21-11-13-23-52(48)57-54(50)37-42)40-27-24-38(25-28-40)39-26-34-49-47-20-10-12-22-51(47)56-53(49)36-39;/h1-37H;1H4. The van der Waals surface area contributed by atoms with Crippen LogP contribution in [0.4, 0.5) is 17.1 Å². The first-order chi connectivity index (χ1) is 28.7. The van der Waals surface area contributed by atoms with Gasteiger partial charge in [-0.2, -0.15) is 0 Å². The molecule has 282 valence electrons. The molecule has 0 unspecified atom stereocenters. The third kappa shape index (κ3) is 6.04. The largest absolute Gasteiger partial charge is 0.456 e. The summed E-state index contributed by atoms with van der Waals surface area (Å²) >= 11 is 0. The molecule has 0 fully saturated rings. The van der Waals surface area contributed by atoms with Crippen LogP contribution in [0.25, 0.3) is 55.0 Å². The molecule has 2 heterocycles. The third-order valence-electron chi connectivity index (χ3n) is 11.6. The minimum Gasteiger partial charge on any atom is -0.456 e. The number of hydrogen-bond acceptors (Lipinski definition) is 3. The Hall–Kier alpha value is -7.40. The van der Waals surface area contributed by atoms with E-state index in [-0.39, 0.29) is 7.43 Å². The van der Waals surface area contributed by atoms with Crippen LogP contribution in [-0.4, -0.2) is 8.07 Å². The van der Waals surface area contributed by atoms with E-state index >= 15 is 0 Å². The molecule has 3 nitrogen and oxygen atoms in total. The number of fused-ring (bicyclic) bond motifs is 6. The topological polar surface area (TPSA) is 29.5 Å². The van der Waals surface area contributed by atoms with Crippen molar-refractivity contribution < 1.29 is 8.83 Å². The van der Waals surface area contributed by atoms with Crippen LogP contribution in [0.2, 0.25) is 0 Å². The predicted octanol–water partition coefficient (Wildman–Crippen LogP) is 12.6. The first kappa shape index (κ1) is 36.0. The summed E-state index contributed by atoms with van der Waals surface area (Å²) in [5.74, 6) is 0. The van der Waals surface area contributed by atoms with Gasteiger partial charge in [-0.1, -0.05) is 165 Å². The highest BCUT2D eigenvalue weighted by molar-refractivity contribution is 7.19. The molecule has 0 aliphatic carbocycles. The molecular formula is C55H41NO2Si. The molecule has 2 aromatic heterocycles. The lowest BCUT2D eigenvalue weighted by Crippen LogP contribution is -2.74. The van der Waals surface area contributed by atoms with Crippen molar-refractivity contribution in [3.8, 4) is 11.1 Å². The summed E-state index contributed by atoms with van der Waals surface area (Å²) in [5, 5.41) is 9.87. The van der Waals surface area contributed by atoms with Crippen molar-refractivity contribution in [2.24, 2.45) is 0 Å². The Balaban J connectivity index is 0.00000420. The van der Waals surface area contributed by atoms with Gasteiger partial charge in [0.05, 0.1) is 0 Å². The Bertz CT molecular complexity index is 3110. The fourth-order valence-corrected chi connectivity index (χ4v) is 13.7. The summed E-state index contributed by atoms with van der Waals surface area (Å²) in [7, 11) is -2.69. The first-order valence-corrected chi connectivity index (χ1v) is 21.7. The van der Waals surface area contributed by atoms with Crippen LogP contribution in [0.3, 0.4) is 0 Å². The van der Waals surface area contributed by atoms with Gasteiger partial charge < -0.3 is 13.7 Å². The number of anilines is 3. The molecule has 0 N–H and O–H groups in total. The molecule has 0 amide bonds. The van der Waals surface area contributed by atoms with Gasteiger partial charge in [-0.25, -0.2) is 0 Å². The fourth-order valence-electron chi connectivity index (χ4n) is 8.93. The van der Waals surface area contributed by atoms with Gasteiger partial charge in [0.25, 0.3) is 0 Å². The monoisotopic (exact) mass is 775 g/mol. The van der Waals surface area contributed by atoms with Gasteiger partial charge in [-0.3, -0.25) is 0 Å². The molecule has 0 aliphatic heterocycles. The zero-order valence-corrected chi connectivity index (χ0v) is 32.6. The van der Waals surface area contributed by atoms with E-state index in [4.69, 9.17) is 8.83 Å². The van der Waals surface area contributed by atoms with Crippen molar-refractivity contribution in [1.29, 1.82) is 0 Å². The Labute approximate surface area is 345 Å². The number of hydrogen-bond donors (Lipinski definition) is 0. The quantitative estimate of drug-likeness (QED) is 0.114. The highest BCUT2D eigenvalue weighted by Gasteiger charge is 2.41. The summed E-state index contributed by atoms with van der Waals surface area (Å²) in [5.41, 5.74) is 8.92. The molecule has 0 saturated heterocycles.